The maximum absolute atomic E-state index is 10.8. The molecule has 0 saturated heterocycles. The normalized spacial score (nSPS) is 24.1. The second-order valence-corrected chi connectivity index (χ2v) is 2.42. The van der Waals surface area contributed by atoms with Gasteiger partial charge in [-0.15, -0.1) is 0 Å². The highest BCUT2D eigenvalue weighted by Crippen LogP contribution is 2.18. The Morgan fingerprint density at radius 1 is 1.80 bits per heavy atom. The van der Waals surface area contributed by atoms with Gasteiger partial charge in [0, 0.05) is 0 Å². The molecule has 0 fully saturated rings. The van der Waals surface area contributed by atoms with Crippen LogP contribution >= 0.6 is 0 Å². The molecule has 0 saturated carbocycles. The molecule has 0 radical (unpaired) electrons. The number of rotatable bonds is 1. The molecule has 0 aromatic rings. The van der Waals surface area contributed by atoms with Crippen molar-refractivity contribution in [2.24, 2.45) is 5.92 Å². The SMILES string of the molecule is CC(=O)C1CC=CC=C1O. The van der Waals surface area contributed by atoms with Gasteiger partial charge in [0.15, 0.2) is 0 Å². The zero-order chi connectivity index (χ0) is 7.56. The standard InChI is InChI=1S/C8H10O2/c1-6(9)7-4-2-3-5-8(7)10/h2-3,5,7,10H,4H2,1H3. The van der Waals surface area contributed by atoms with Gasteiger partial charge in [0.2, 0.25) is 0 Å². The average Bonchev–Trinajstić information content (AvgIpc) is 1.88. The van der Waals surface area contributed by atoms with E-state index in [2.05, 4.69) is 0 Å². The number of hydrogen-bond acceptors (Lipinski definition) is 2. The third kappa shape index (κ3) is 1.26. The first-order valence-electron chi connectivity index (χ1n) is 3.28. The number of aliphatic hydroxyl groups is 1. The van der Waals surface area contributed by atoms with E-state index in [1.54, 1.807) is 12.2 Å². The van der Waals surface area contributed by atoms with Gasteiger partial charge in [0.25, 0.3) is 0 Å². The number of carbonyl (C=O) groups excluding carboxylic acids is 1. The molecule has 0 spiro atoms. The van der Waals surface area contributed by atoms with Crippen LogP contribution in [0.3, 0.4) is 0 Å². The maximum atomic E-state index is 10.8. The number of aliphatic hydroxyl groups excluding tert-OH is 1. The summed E-state index contributed by atoms with van der Waals surface area (Å²) < 4.78 is 0. The van der Waals surface area contributed by atoms with Crippen molar-refractivity contribution < 1.29 is 9.90 Å². The fourth-order valence-electron chi connectivity index (χ4n) is 0.992. The van der Waals surface area contributed by atoms with E-state index in [-0.39, 0.29) is 17.5 Å². The summed E-state index contributed by atoms with van der Waals surface area (Å²) in [6.07, 6.45) is 5.84. The minimum atomic E-state index is -0.287. The Hall–Kier alpha value is -1.05. The van der Waals surface area contributed by atoms with E-state index < -0.39 is 0 Å². The fraction of sp³-hybridized carbons (Fsp3) is 0.375. The van der Waals surface area contributed by atoms with E-state index in [0.717, 1.165) is 0 Å². The molecule has 0 amide bonds. The van der Waals surface area contributed by atoms with Crippen LogP contribution in [0.15, 0.2) is 24.0 Å². The van der Waals surface area contributed by atoms with Gasteiger partial charge in [0.05, 0.1) is 5.92 Å². The zero-order valence-electron chi connectivity index (χ0n) is 5.87. The highest BCUT2D eigenvalue weighted by Gasteiger charge is 2.18. The number of allylic oxidation sites excluding steroid dienone is 4. The molecule has 0 aliphatic heterocycles. The predicted octanol–water partition coefficient (Wildman–Crippen LogP) is 1.59. The Labute approximate surface area is 59.9 Å². The lowest BCUT2D eigenvalue weighted by Crippen LogP contribution is -2.14. The summed E-state index contributed by atoms with van der Waals surface area (Å²) in [6.45, 7) is 1.49. The van der Waals surface area contributed by atoms with Crippen molar-refractivity contribution in [3.8, 4) is 0 Å². The van der Waals surface area contributed by atoms with Crippen molar-refractivity contribution >= 4 is 5.78 Å². The Balaban J connectivity index is 2.73. The molecule has 1 atom stereocenters. The van der Waals surface area contributed by atoms with E-state index in [9.17, 15) is 4.79 Å². The van der Waals surface area contributed by atoms with E-state index in [0.29, 0.717) is 6.42 Å². The second-order valence-electron chi connectivity index (χ2n) is 2.42. The molecule has 1 unspecified atom stereocenters. The summed E-state index contributed by atoms with van der Waals surface area (Å²) in [4.78, 5) is 10.8. The van der Waals surface area contributed by atoms with Crippen LogP contribution in [0.1, 0.15) is 13.3 Å². The van der Waals surface area contributed by atoms with Crippen molar-refractivity contribution in [2.45, 2.75) is 13.3 Å². The molecule has 54 valence electrons. The summed E-state index contributed by atoms with van der Waals surface area (Å²) in [5.74, 6) is -0.0712. The molecule has 1 aliphatic rings. The van der Waals surface area contributed by atoms with E-state index in [1.165, 1.54) is 6.92 Å². The van der Waals surface area contributed by atoms with E-state index >= 15 is 0 Å². The van der Waals surface area contributed by atoms with Crippen molar-refractivity contribution in [2.75, 3.05) is 0 Å². The van der Waals surface area contributed by atoms with Crippen LogP contribution < -0.4 is 0 Å². The summed E-state index contributed by atoms with van der Waals surface area (Å²) in [5, 5.41) is 9.13. The van der Waals surface area contributed by atoms with Gasteiger partial charge in [-0.2, -0.15) is 0 Å². The van der Waals surface area contributed by atoms with Gasteiger partial charge in [-0.05, 0) is 19.4 Å². The highest BCUT2D eigenvalue weighted by molar-refractivity contribution is 5.81. The monoisotopic (exact) mass is 138 g/mol. The Morgan fingerprint density at radius 2 is 2.50 bits per heavy atom. The Morgan fingerprint density at radius 3 is 2.90 bits per heavy atom. The van der Waals surface area contributed by atoms with Gasteiger partial charge in [-0.3, -0.25) is 4.79 Å². The van der Waals surface area contributed by atoms with Crippen LogP contribution in [0.5, 0.6) is 0 Å². The molecule has 2 heteroatoms. The largest absolute Gasteiger partial charge is 0.512 e. The van der Waals surface area contributed by atoms with Gasteiger partial charge >= 0.3 is 0 Å². The Kier molecular flexibility index (Phi) is 1.90. The van der Waals surface area contributed by atoms with Gasteiger partial charge in [0.1, 0.15) is 11.5 Å². The third-order valence-electron chi connectivity index (χ3n) is 1.62. The van der Waals surface area contributed by atoms with Crippen LogP contribution in [-0.2, 0) is 4.79 Å². The third-order valence-corrected chi connectivity index (χ3v) is 1.62. The first-order chi connectivity index (χ1) is 4.72. The van der Waals surface area contributed by atoms with Crippen LogP contribution in [0.25, 0.3) is 0 Å². The van der Waals surface area contributed by atoms with Crippen LogP contribution in [0, 0.1) is 5.92 Å². The fourth-order valence-corrected chi connectivity index (χ4v) is 0.992. The van der Waals surface area contributed by atoms with Gasteiger partial charge < -0.3 is 5.11 Å². The first-order valence-corrected chi connectivity index (χ1v) is 3.28. The summed E-state index contributed by atoms with van der Waals surface area (Å²) in [5.41, 5.74) is 0. The lowest BCUT2D eigenvalue weighted by molar-refractivity contribution is -0.120. The van der Waals surface area contributed by atoms with Crippen LogP contribution in [-0.4, -0.2) is 10.9 Å². The molecule has 0 aromatic carbocycles. The van der Waals surface area contributed by atoms with Gasteiger partial charge in [-0.1, -0.05) is 12.2 Å². The topological polar surface area (TPSA) is 37.3 Å². The summed E-state index contributed by atoms with van der Waals surface area (Å²) in [7, 11) is 0. The molecule has 0 aromatic heterocycles. The maximum Gasteiger partial charge on any atom is 0.140 e. The zero-order valence-corrected chi connectivity index (χ0v) is 5.87. The van der Waals surface area contributed by atoms with Crippen molar-refractivity contribution in [1.29, 1.82) is 0 Å². The minimum absolute atomic E-state index is 0.0260. The molecule has 2 nitrogen and oxygen atoms in total. The van der Waals surface area contributed by atoms with E-state index in [1.807, 2.05) is 6.08 Å². The van der Waals surface area contributed by atoms with Crippen LogP contribution in [0.2, 0.25) is 0 Å². The quantitative estimate of drug-likeness (QED) is 0.597. The number of carbonyl (C=O) groups is 1. The minimum Gasteiger partial charge on any atom is -0.512 e. The molecule has 10 heavy (non-hydrogen) atoms. The molecule has 0 bridgehead atoms. The molecule has 1 aliphatic carbocycles. The van der Waals surface area contributed by atoms with E-state index in [4.69, 9.17) is 5.11 Å². The van der Waals surface area contributed by atoms with Gasteiger partial charge in [-0.25, -0.2) is 0 Å². The highest BCUT2D eigenvalue weighted by atomic mass is 16.3. The first kappa shape index (κ1) is 7.06. The summed E-state index contributed by atoms with van der Waals surface area (Å²) >= 11 is 0. The van der Waals surface area contributed by atoms with Crippen molar-refractivity contribution in [1.82, 2.24) is 0 Å². The number of ketones is 1. The number of Topliss-reactive ketones (excluding diaryl/α,β-unsaturated/α-hetero) is 1. The number of hydrogen-bond donors (Lipinski definition) is 1. The smallest absolute Gasteiger partial charge is 0.140 e. The lowest BCUT2D eigenvalue weighted by Gasteiger charge is -2.12. The molecule has 1 rings (SSSR count). The van der Waals surface area contributed by atoms with Crippen LogP contribution in [0.4, 0.5) is 0 Å². The second kappa shape index (κ2) is 2.69. The Bertz CT molecular complexity index is 201. The molecular weight excluding hydrogens is 128 g/mol. The molecule has 0 heterocycles. The summed E-state index contributed by atoms with van der Waals surface area (Å²) in [6, 6.07) is 0. The van der Waals surface area contributed by atoms with Crippen molar-refractivity contribution in [3.05, 3.63) is 24.0 Å². The lowest BCUT2D eigenvalue weighted by atomic mass is 9.95. The molecular formula is C8H10O2. The average molecular weight is 138 g/mol. The predicted molar refractivity (Wildman–Crippen MR) is 38.6 cm³/mol. The molecule has 1 N–H and O–H groups in total. The van der Waals surface area contributed by atoms with Crippen molar-refractivity contribution in [3.63, 3.8) is 0 Å².